The predicted octanol–water partition coefficient (Wildman–Crippen LogP) is 3.64. The van der Waals surface area contributed by atoms with Crippen LogP contribution in [-0.2, 0) is 4.74 Å². The zero-order valence-electron chi connectivity index (χ0n) is 19.9. The highest BCUT2D eigenvalue weighted by Crippen LogP contribution is 2.37. The number of nitrogens with one attached hydrogen (secondary N) is 1. The molecule has 1 unspecified atom stereocenters. The van der Waals surface area contributed by atoms with Gasteiger partial charge in [-0.15, -0.1) is 5.10 Å². The van der Waals surface area contributed by atoms with Gasteiger partial charge in [-0.05, 0) is 43.2 Å². The summed E-state index contributed by atoms with van der Waals surface area (Å²) in [5.74, 6) is 1.44. The summed E-state index contributed by atoms with van der Waals surface area (Å²) in [7, 11) is 1.62. The van der Waals surface area contributed by atoms with Crippen molar-refractivity contribution in [2.75, 3.05) is 38.2 Å². The summed E-state index contributed by atoms with van der Waals surface area (Å²) in [4.78, 5) is 11.6. The highest BCUT2D eigenvalue weighted by Gasteiger charge is 2.47. The molecule has 3 aromatic heterocycles. The number of nitrogens with zero attached hydrogens (tertiary/aromatic N) is 6. The van der Waals surface area contributed by atoms with Gasteiger partial charge in [0.2, 0.25) is 5.88 Å². The van der Waals surface area contributed by atoms with E-state index in [2.05, 4.69) is 26.4 Å². The molecule has 4 aliphatic heterocycles. The van der Waals surface area contributed by atoms with E-state index in [0.29, 0.717) is 10.9 Å². The lowest BCUT2D eigenvalue weighted by atomic mass is 9.90. The molecule has 3 bridgehead atoms. The Kier molecular flexibility index (Phi) is 5.14. The second kappa shape index (κ2) is 8.41. The van der Waals surface area contributed by atoms with Crippen LogP contribution in [0.4, 0.5) is 5.82 Å². The van der Waals surface area contributed by atoms with Crippen LogP contribution in [0.1, 0.15) is 12.8 Å². The number of rotatable bonds is 4. The van der Waals surface area contributed by atoms with Crippen molar-refractivity contribution >= 4 is 23.1 Å². The van der Waals surface area contributed by atoms with Gasteiger partial charge in [-0.25, -0.2) is 24.9 Å². The molecular formula is C26H26ClN7O2. The van der Waals surface area contributed by atoms with E-state index in [1.165, 1.54) is 0 Å². The van der Waals surface area contributed by atoms with Gasteiger partial charge in [0.25, 0.3) is 0 Å². The van der Waals surface area contributed by atoms with E-state index in [4.69, 9.17) is 31.2 Å². The van der Waals surface area contributed by atoms with Crippen molar-refractivity contribution in [3.63, 3.8) is 0 Å². The zero-order chi connectivity index (χ0) is 24.3. The molecule has 4 aliphatic rings. The number of pyridine rings is 1. The molecule has 184 valence electrons. The Morgan fingerprint density at radius 1 is 1.08 bits per heavy atom. The van der Waals surface area contributed by atoms with Gasteiger partial charge >= 0.3 is 0 Å². The Hall–Kier alpha value is -3.24. The van der Waals surface area contributed by atoms with Gasteiger partial charge < -0.3 is 14.4 Å². The number of hydrogen-bond donors (Lipinski definition) is 1. The van der Waals surface area contributed by atoms with Gasteiger partial charge in [0.05, 0.1) is 24.9 Å². The van der Waals surface area contributed by atoms with E-state index in [-0.39, 0.29) is 11.8 Å². The molecule has 4 aromatic rings. The number of halogens is 1. The molecule has 4 fully saturated rings. The summed E-state index contributed by atoms with van der Waals surface area (Å²) in [5.41, 5.74) is 7.76. The van der Waals surface area contributed by atoms with Crippen LogP contribution < -0.4 is 15.1 Å². The molecule has 1 N–H and O–H groups in total. The topological polar surface area (TPSA) is 80.0 Å². The van der Waals surface area contributed by atoms with Crippen LogP contribution in [0.2, 0.25) is 5.02 Å². The van der Waals surface area contributed by atoms with Crippen LogP contribution in [0.25, 0.3) is 28.2 Å². The quantitative estimate of drug-likeness (QED) is 0.452. The number of anilines is 1. The number of hydrogen-bond acceptors (Lipinski definition) is 8. The number of methoxy groups -OCH3 is 1. The lowest BCUT2D eigenvalue weighted by Crippen LogP contribution is -2.57. The molecule has 1 atom stereocenters. The first-order valence-corrected chi connectivity index (χ1v) is 12.6. The van der Waals surface area contributed by atoms with Gasteiger partial charge in [-0.1, -0.05) is 23.7 Å². The van der Waals surface area contributed by atoms with Crippen molar-refractivity contribution in [3.05, 3.63) is 59.8 Å². The van der Waals surface area contributed by atoms with Crippen LogP contribution in [0.15, 0.2) is 54.7 Å². The summed E-state index contributed by atoms with van der Waals surface area (Å²) in [5, 5.41) is 8.10. The Balaban J connectivity index is 1.36. The van der Waals surface area contributed by atoms with E-state index in [1.807, 2.05) is 47.0 Å². The minimum Gasteiger partial charge on any atom is -0.481 e. The third-order valence-electron chi connectivity index (χ3n) is 7.38. The molecule has 1 spiro atoms. The van der Waals surface area contributed by atoms with Crippen LogP contribution in [0, 0.1) is 0 Å². The molecule has 7 heterocycles. The number of morpholine rings is 1. The molecule has 9 nitrogen and oxygen atoms in total. The van der Waals surface area contributed by atoms with Crippen LogP contribution >= 0.6 is 11.6 Å². The molecule has 1 aromatic carbocycles. The maximum Gasteiger partial charge on any atom is 0.213 e. The molecule has 0 aliphatic carbocycles. The number of piperidine rings is 1. The fourth-order valence-electron chi connectivity index (χ4n) is 5.58. The Morgan fingerprint density at radius 3 is 2.72 bits per heavy atom. The van der Waals surface area contributed by atoms with Crippen molar-refractivity contribution < 1.29 is 9.47 Å². The maximum absolute atomic E-state index is 6.48. The lowest BCUT2D eigenvalue weighted by Gasteiger charge is -2.44. The summed E-state index contributed by atoms with van der Waals surface area (Å²) >= 11 is 6.17. The molecule has 36 heavy (non-hydrogen) atoms. The third kappa shape index (κ3) is 3.70. The molecule has 4 saturated heterocycles. The Bertz CT molecular complexity index is 1430. The number of imidazole rings is 1. The smallest absolute Gasteiger partial charge is 0.213 e. The maximum atomic E-state index is 6.48. The van der Waals surface area contributed by atoms with E-state index in [1.54, 1.807) is 13.3 Å². The standard InChI is InChI=1S/C26H26ClN7O2/c1-35-22-14-18(8-11-28-22)25-24(17-2-4-19(27)5-3-17)29-20-6-7-21(30-34(20)25)32-15-23-31-33-12-9-26(16-32,36-23)10-13-33/h2-8,11,14,23,31H,9-10,12-13,15-16H2,1H3. The van der Waals surface area contributed by atoms with Crippen molar-refractivity contribution in [2.24, 2.45) is 0 Å². The predicted molar refractivity (Wildman–Crippen MR) is 137 cm³/mol. The van der Waals surface area contributed by atoms with Crippen molar-refractivity contribution in [3.8, 4) is 28.4 Å². The number of aromatic nitrogens is 4. The Morgan fingerprint density at radius 2 is 1.92 bits per heavy atom. The molecule has 0 saturated carbocycles. The van der Waals surface area contributed by atoms with Crippen molar-refractivity contribution in [1.29, 1.82) is 0 Å². The molecule has 0 radical (unpaired) electrons. The third-order valence-corrected chi connectivity index (χ3v) is 7.63. The summed E-state index contributed by atoms with van der Waals surface area (Å²) in [6, 6.07) is 15.7. The second-order valence-electron chi connectivity index (χ2n) is 9.65. The zero-order valence-corrected chi connectivity index (χ0v) is 20.6. The van der Waals surface area contributed by atoms with E-state index < -0.39 is 0 Å². The van der Waals surface area contributed by atoms with Gasteiger partial charge in [-0.3, -0.25) is 0 Å². The first kappa shape index (κ1) is 22.0. The minimum atomic E-state index is -0.135. The molecule has 0 amide bonds. The van der Waals surface area contributed by atoms with Crippen LogP contribution in [0.3, 0.4) is 0 Å². The number of hydrazine groups is 1. The van der Waals surface area contributed by atoms with Crippen molar-refractivity contribution in [1.82, 2.24) is 30.0 Å². The summed E-state index contributed by atoms with van der Waals surface area (Å²) in [6.45, 7) is 3.58. The highest BCUT2D eigenvalue weighted by atomic mass is 35.5. The van der Waals surface area contributed by atoms with E-state index in [9.17, 15) is 0 Å². The molecule has 8 rings (SSSR count). The second-order valence-corrected chi connectivity index (χ2v) is 10.1. The van der Waals surface area contributed by atoms with Crippen LogP contribution in [-0.4, -0.2) is 69.7 Å². The fourth-order valence-corrected chi connectivity index (χ4v) is 5.71. The van der Waals surface area contributed by atoms with Gasteiger partial charge in [0.15, 0.2) is 5.65 Å². The monoisotopic (exact) mass is 503 g/mol. The number of benzene rings is 1. The first-order chi connectivity index (χ1) is 17.6. The SMILES string of the molecule is COc1cc(-c2c(-c3ccc(Cl)cc3)nc3ccc(N4CC5NN6CCC(CC6)(C4)O5)nn23)ccn1. The lowest BCUT2D eigenvalue weighted by molar-refractivity contribution is -0.107. The minimum absolute atomic E-state index is 0.0439. The summed E-state index contributed by atoms with van der Waals surface area (Å²) in [6.07, 6.45) is 3.73. The number of fused-ring (bicyclic) bond motifs is 3. The van der Waals surface area contributed by atoms with E-state index >= 15 is 0 Å². The fraction of sp³-hybridized carbons (Fsp3) is 0.346. The average molecular weight is 504 g/mol. The Labute approximate surface area is 213 Å². The first-order valence-electron chi connectivity index (χ1n) is 12.2. The largest absolute Gasteiger partial charge is 0.481 e. The average Bonchev–Trinajstić information content (AvgIpc) is 3.17. The number of ether oxygens (including phenoxy) is 2. The van der Waals surface area contributed by atoms with E-state index in [0.717, 1.165) is 73.0 Å². The molecule has 10 heteroatoms. The normalized spacial score (nSPS) is 25.2. The van der Waals surface area contributed by atoms with Gasteiger partial charge in [-0.2, -0.15) is 0 Å². The van der Waals surface area contributed by atoms with Gasteiger partial charge in [0.1, 0.15) is 17.7 Å². The highest BCUT2D eigenvalue weighted by molar-refractivity contribution is 6.30. The van der Waals surface area contributed by atoms with Crippen LogP contribution in [0.5, 0.6) is 5.88 Å². The summed E-state index contributed by atoms with van der Waals surface area (Å²) < 4.78 is 13.8. The van der Waals surface area contributed by atoms with Gasteiger partial charge in [0, 0.05) is 48.0 Å². The molecular weight excluding hydrogens is 478 g/mol. The van der Waals surface area contributed by atoms with Crippen molar-refractivity contribution in [2.45, 2.75) is 24.7 Å².